The number of furan rings is 1. The van der Waals surface area contributed by atoms with Gasteiger partial charge in [0.05, 0.1) is 0 Å². The molecule has 7 rings (SSSR count). The number of rotatable bonds is 1. The topological polar surface area (TPSA) is 13.1 Å². The average Bonchev–Trinajstić information content (AvgIpc) is 3.30. The Labute approximate surface area is 200 Å². The first kappa shape index (κ1) is 19.1. The maximum absolute atomic E-state index is 6.11. The Morgan fingerprint density at radius 2 is 1.30 bits per heavy atom. The highest BCUT2D eigenvalue weighted by atomic mass is 79.9. The zero-order valence-electron chi connectivity index (χ0n) is 18.4. The van der Waals surface area contributed by atoms with Gasteiger partial charge in [0.2, 0.25) is 0 Å². The number of benzene rings is 5. The van der Waals surface area contributed by atoms with E-state index in [0.717, 1.165) is 26.4 Å². The van der Waals surface area contributed by atoms with Gasteiger partial charge in [-0.2, -0.15) is 0 Å². The molecule has 0 amide bonds. The van der Waals surface area contributed by atoms with Crippen LogP contribution in [0.4, 0.5) is 0 Å². The minimum absolute atomic E-state index is 0.0397. The lowest BCUT2D eigenvalue weighted by Crippen LogP contribution is -2.15. The van der Waals surface area contributed by atoms with Crippen LogP contribution >= 0.6 is 15.9 Å². The Morgan fingerprint density at radius 3 is 2.15 bits per heavy atom. The fourth-order valence-electron chi connectivity index (χ4n) is 5.71. The van der Waals surface area contributed by atoms with Gasteiger partial charge in [0.15, 0.2) is 0 Å². The van der Waals surface area contributed by atoms with Crippen molar-refractivity contribution < 1.29 is 4.42 Å². The van der Waals surface area contributed by atoms with Crippen LogP contribution in [0.3, 0.4) is 0 Å². The lowest BCUT2D eigenvalue weighted by Gasteiger charge is -2.23. The van der Waals surface area contributed by atoms with E-state index < -0.39 is 0 Å². The van der Waals surface area contributed by atoms with E-state index >= 15 is 0 Å². The maximum Gasteiger partial charge on any atom is 0.135 e. The van der Waals surface area contributed by atoms with E-state index in [1.807, 2.05) is 12.1 Å². The highest BCUT2D eigenvalue weighted by molar-refractivity contribution is 9.10. The fourth-order valence-corrected chi connectivity index (χ4v) is 6.07. The zero-order valence-corrected chi connectivity index (χ0v) is 20.0. The van der Waals surface area contributed by atoms with Crippen LogP contribution in [0.25, 0.3) is 55.0 Å². The van der Waals surface area contributed by atoms with Gasteiger partial charge in [-0.25, -0.2) is 0 Å². The van der Waals surface area contributed by atoms with Crippen molar-refractivity contribution in [2.45, 2.75) is 19.3 Å². The van der Waals surface area contributed by atoms with Crippen LogP contribution in [-0.2, 0) is 5.41 Å². The van der Waals surface area contributed by atoms with Crippen LogP contribution in [0.15, 0.2) is 99.9 Å². The quantitative estimate of drug-likeness (QED) is 0.224. The van der Waals surface area contributed by atoms with Crippen LogP contribution in [0.1, 0.15) is 25.0 Å². The van der Waals surface area contributed by atoms with Crippen molar-refractivity contribution in [3.05, 3.63) is 107 Å². The summed E-state index contributed by atoms with van der Waals surface area (Å²) in [5.74, 6) is 0. The van der Waals surface area contributed by atoms with Gasteiger partial charge in [0, 0.05) is 20.7 Å². The highest BCUT2D eigenvalue weighted by Gasteiger charge is 2.36. The van der Waals surface area contributed by atoms with E-state index in [1.165, 1.54) is 44.2 Å². The third kappa shape index (κ3) is 2.59. The molecule has 1 aliphatic carbocycles. The van der Waals surface area contributed by atoms with Crippen molar-refractivity contribution in [2.24, 2.45) is 0 Å². The summed E-state index contributed by atoms with van der Waals surface area (Å²) in [6.45, 7) is 4.70. The van der Waals surface area contributed by atoms with Crippen molar-refractivity contribution in [1.29, 1.82) is 0 Å². The first-order valence-corrected chi connectivity index (χ1v) is 12.1. The minimum Gasteiger partial charge on any atom is -0.456 e. The van der Waals surface area contributed by atoms with Crippen molar-refractivity contribution >= 4 is 48.6 Å². The largest absolute Gasteiger partial charge is 0.456 e. The summed E-state index contributed by atoms with van der Waals surface area (Å²) in [7, 11) is 0. The molecule has 6 aromatic rings. The van der Waals surface area contributed by atoms with Gasteiger partial charge in [-0.05, 0) is 80.6 Å². The van der Waals surface area contributed by atoms with Gasteiger partial charge in [0.1, 0.15) is 11.2 Å². The molecule has 0 saturated heterocycles. The number of halogens is 1. The van der Waals surface area contributed by atoms with E-state index in [9.17, 15) is 0 Å². The van der Waals surface area contributed by atoms with E-state index in [-0.39, 0.29) is 5.41 Å². The summed E-state index contributed by atoms with van der Waals surface area (Å²) in [4.78, 5) is 0. The molecule has 0 aliphatic heterocycles. The molecule has 0 spiro atoms. The van der Waals surface area contributed by atoms with E-state index in [0.29, 0.717) is 0 Å². The fraction of sp³-hybridized carbons (Fsp3) is 0.0968. The second-order valence-electron chi connectivity index (χ2n) is 9.52. The highest BCUT2D eigenvalue weighted by Crippen LogP contribution is 2.53. The number of hydrogen-bond donors (Lipinski definition) is 0. The molecule has 158 valence electrons. The van der Waals surface area contributed by atoms with Gasteiger partial charge in [-0.1, -0.05) is 84.4 Å². The maximum atomic E-state index is 6.11. The molecule has 5 aromatic carbocycles. The third-order valence-electron chi connectivity index (χ3n) is 7.33. The standard InChI is InChI=1S/C31H21BrO/c1-31(2)26-10-6-5-9-22(26)30-21-8-4-3-7-20(21)23(17-27(30)31)18-11-13-28-24(15-18)25-16-19(32)12-14-29(25)33-28/h3-17H,1-2H3. The van der Waals surface area contributed by atoms with E-state index in [4.69, 9.17) is 4.42 Å². The summed E-state index contributed by atoms with van der Waals surface area (Å²) >= 11 is 3.62. The molecule has 2 heteroatoms. The molecule has 33 heavy (non-hydrogen) atoms. The van der Waals surface area contributed by atoms with Crippen LogP contribution < -0.4 is 0 Å². The molecule has 0 radical (unpaired) electrons. The lowest BCUT2D eigenvalue weighted by molar-refractivity contribution is 0.661. The van der Waals surface area contributed by atoms with E-state index in [2.05, 4.69) is 109 Å². The molecule has 0 N–H and O–H groups in total. The van der Waals surface area contributed by atoms with Crippen molar-refractivity contribution in [3.8, 4) is 22.3 Å². The van der Waals surface area contributed by atoms with Gasteiger partial charge < -0.3 is 4.42 Å². The molecule has 1 aromatic heterocycles. The monoisotopic (exact) mass is 488 g/mol. The summed E-state index contributed by atoms with van der Waals surface area (Å²) in [5.41, 5.74) is 9.84. The predicted molar refractivity (Wildman–Crippen MR) is 142 cm³/mol. The first-order valence-electron chi connectivity index (χ1n) is 11.3. The zero-order chi connectivity index (χ0) is 22.3. The Morgan fingerprint density at radius 1 is 0.606 bits per heavy atom. The Bertz CT molecular complexity index is 1750. The van der Waals surface area contributed by atoms with Crippen molar-refractivity contribution in [2.75, 3.05) is 0 Å². The summed E-state index contributed by atoms with van der Waals surface area (Å²) in [6, 6.07) is 32.9. The van der Waals surface area contributed by atoms with Crippen LogP contribution in [0, 0.1) is 0 Å². The Kier molecular flexibility index (Phi) is 3.82. The third-order valence-corrected chi connectivity index (χ3v) is 7.82. The molecule has 0 atom stereocenters. The molecule has 1 nitrogen and oxygen atoms in total. The SMILES string of the molecule is CC1(C)c2ccccc2-c2c1cc(-c1ccc3oc4ccc(Br)cc4c3c1)c1ccccc21. The predicted octanol–water partition coefficient (Wildman–Crippen LogP) is 9.47. The Balaban J connectivity index is 1.57. The van der Waals surface area contributed by atoms with E-state index in [1.54, 1.807) is 0 Å². The second kappa shape index (κ2) is 6.59. The van der Waals surface area contributed by atoms with Crippen molar-refractivity contribution in [3.63, 3.8) is 0 Å². The van der Waals surface area contributed by atoms with Gasteiger partial charge >= 0.3 is 0 Å². The van der Waals surface area contributed by atoms with Crippen LogP contribution in [0.5, 0.6) is 0 Å². The number of fused-ring (bicyclic) bond motifs is 8. The molecule has 0 bridgehead atoms. The lowest BCUT2D eigenvalue weighted by atomic mass is 9.80. The van der Waals surface area contributed by atoms with Crippen molar-refractivity contribution in [1.82, 2.24) is 0 Å². The van der Waals surface area contributed by atoms with Gasteiger partial charge in [-0.15, -0.1) is 0 Å². The molecule has 1 aliphatic rings. The summed E-state index contributed by atoms with van der Waals surface area (Å²) in [5, 5.41) is 4.90. The molecule has 0 fully saturated rings. The summed E-state index contributed by atoms with van der Waals surface area (Å²) in [6.07, 6.45) is 0. The normalized spacial score (nSPS) is 14.2. The van der Waals surface area contributed by atoms with Gasteiger partial charge in [0.25, 0.3) is 0 Å². The van der Waals surface area contributed by atoms with Crippen LogP contribution in [-0.4, -0.2) is 0 Å². The molecule has 1 heterocycles. The smallest absolute Gasteiger partial charge is 0.135 e. The summed E-state index contributed by atoms with van der Waals surface area (Å²) < 4.78 is 7.18. The first-order chi connectivity index (χ1) is 16.0. The molecular formula is C31H21BrO. The van der Waals surface area contributed by atoms with Crippen LogP contribution in [0.2, 0.25) is 0 Å². The molecular weight excluding hydrogens is 468 g/mol. The molecule has 0 saturated carbocycles. The minimum atomic E-state index is -0.0397. The Hall–Kier alpha value is -3.36. The number of hydrogen-bond acceptors (Lipinski definition) is 1. The average molecular weight is 489 g/mol. The second-order valence-corrected chi connectivity index (χ2v) is 10.4. The van der Waals surface area contributed by atoms with Gasteiger partial charge in [-0.3, -0.25) is 0 Å². The molecule has 0 unspecified atom stereocenters.